The lowest BCUT2D eigenvalue weighted by Gasteiger charge is -2.20. The van der Waals surface area contributed by atoms with Gasteiger partial charge >= 0.3 is 0 Å². The Hall–Kier alpha value is -1.69. The summed E-state index contributed by atoms with van der Waals surface area (Å²) in [6.45, 7) is 2.43. The predicted octanol–water partition coefficient (Wildman–Crippen LogP) is 1.84. The first-order chi connectivity index (χ1) is 8.99. The van der Waals surface area contributed by atoms with Gasteiger partial charge in [0.2, 0.25) is 0 Å². The monoisotopic (exact) mass is 270 g/mol. The van der Waals surface area contributed by atoms with Crippen LogP contribution in [0.2, 0.25) is 0 Å². The largest absolute Gasteiger partial charge is 0.396 e. The fourth-order valence-electron chi connectivity index (χ4n) is 2.15. The first-order valence-electron chi connectivity index (χ1n) is 6.16. The Morgan fingerprint density at radius 3 is 2.89 bits per heavy atom. The lowest BCUT2D eigenvalue weighted by atomic mass is 10.1. The van der Waals surface area contributed by atoms with E-state index in [1.807, 2.05) is 0 Å². The van der Waals surface area contributed by atoms with E-state index in [1.165, 1.54) is 0 Å². The fourth-order valence-corrected chi connectivity index (χ4v) is 2.15. The number of ether oxygens (including phenoxy) is 1. The number of rotatable bonds is 3. The van der Waals surface area contributed by atoms with Crippen molar-refractivity contribution >= 4 is 11.6 Å². The Kier molecular flexibility index (Phi) is 3.99. The summed E-state index contributed by atoms with van der Waals surface area (Å²) in [4.78, 5) is 11.9. The molecule has 104 valence electrons. The number of hydrogen-bond acceptors (Lipinski definition) is 3. The van der Waals surface area contributed by atoms with Gasteiger partial charge in [-0.3, -0.25) is 4.79 Å². The van der Waals surface area contributed by atoms with Gasteiger partial charge in [0, 0.05) is 6.61 Å². The molecule has 6 heteroatoms. The van der Waals surface area contributed by atoms with Crippen molar-refractivity contribution in [1.82, 2.24) is 5.32 Å². The standard InChI is InChI=1S/C13H16F2N2O2/c1-7(11-3-2-4-19-11)17-13(18)9-5-8(14)6-10(16)12(9)15/h5-7,11H,2-4,16H2,1H3,(H,17,18). The van der Waals surface area contributed by atoms with Gasteiger partial charge in [0.15, 0.2) is 5.82 Å². The lowest BCUT2D eigenvalue weighted by Crippen LogP contribution is -2.41. The van der Waals surface area contributed by atoms with E-state index in [1.54, 1.807) is 6.92 Å². The van der Waals surface area contributed by atoms with Crippen molar-refractivity contribution in [2.24, 2.45) is 0 Å². The summed E-state index contributed by atoms with van der Waals surface area (Å²) >= 11 is 0. The van der Waals surface area contributed by atoms with Crippen molar-refractivity contribution in [3.05, 3.63) is 29.3 Å². The highest BCUT2D eigenvalue weighted by molar-refractivity contribution is 5.95. The third-order valence-electron chi connectivity index (χ3n) is 3.19. The lowest BCUT2D eigenvalue weighted by molar-refractivity contribution is 0.0710. The molecule has 1 aliphatic heterocycles. The molecular weight excluding hydrogens is 254 g/mol. The van der Waals surface area contributed by atoms with E-state index in [4.69, 9.17) is 10.5 Å². The van der Waals surface area contributed by atoms with E-state index in [0.717, 1.165) is 25.0 Å². The van der Waals surface area contributed by atoms with Crippen LogP contribution in [0.1, 0.15) is 30.1 Å². The van der Waals surface area contributed by atoms with Gasteiger partial charge in [0.1, 0.15) is 5.82 Å². The van der Waals surface area contributed by atoms with Crippen molar-refractivity contribution < 1.29 is 18.3 Å². The predicted molar refractivity (Wildman–Crippen MR) is 66.7 cm³/mol. The summed E-state index contributed by atoms with van der Waals surface area (Å²) in [7, 11) is 0. The SMILES string of the molecule is CC(NC(=O)c1cc(F)cc(N)c1F)C1CCCO1. The molecule has 0 spiro atoms. The maximum Gasteiger partial charge on any atom is 0.254 e. The minimum absolute atomic E-state index is 0.0853. The highest BCUT2D eigenvalue weighted by Gasteiger charge is 2.25. The summed E-state index contributed by atoms with van der Waals surface area (Å²) in [5, 5.41) is 2.61. The maximum atomic E-state index is 13.7. The van der Waals surface area contributed by atoms with Crippen molar-refractivity contribution in [2.75, 3.05) is 12.3 Å². The molecule has 0 aromatic heterocycles. The summed E-state index contributed by atoms with van der Waals surface area (Å²) in [5.41, 5.74) is 4.53. The Morgan fingerprint density at radius 1 is 1.53 bits per heavy atom. The molecule has 4 nitrogen and oxygen atoms in total. The highest BCUT2D eigenvalue weighted by atomic mass is 19.1. The van der Waals surface area contributed by atoms with Crippen LogP contribution in [0.15, 0.2) is 12.1 Å². The van der Waals surface area contributed by atoms with Gasteiger partial charge in [-0.15, -0.1) is 0 Å². The van der Waals surface area contributed by atoms with Gasteiger partial charge in [-0.1, -0.05) is 0 Å². The second-order valence-corrected chi connectivity index (χ2v) is 4.67. The van der Waals surface area contributed by atoms with Crippen LogP contribution < -0.4 is 11.1 Å². The molecule has 1 aliphatic rings. The molecule has 1 fully saturated rings. The number of nitrogen functional groups attached to an aromatic ring is 1. The zero-order chi connectivity index (χ0) is 14.0. The van der Waals surface area contributed by atoms with Crippen LogP contribution in [0, 0.1) is 11.6 Å². The van der Waals surface area contributed by atoms with Gasteiger partial charge in [-0.2, -0.15) is 0 Å². The van der Waals surface area contributed by atoms with E-state index in [-0.39, 0.29) is 23.4 Å². The first-order valence-corrected chi connectivity index (χ1v) is 6.16. The Balaban J connectivity index is 2.11. The maximum absolute atomic E-state index is 13.7. The highest BCUT2D eigenvalue weighted by Crippen LogP contribution is 2.19. The normalized spacial score (nSPS) is 20.3. The van der Waals surface area contributed by atoms with Crippen molar-refractivity contribution in [2.45, 2.75) is 31.9 Å². The van der Waals surface area contributed by atoms with E-state index >= 15 is 0 Å². The number of amides is 1. The fraction of sp³-hybridized carbons (Fsp3) is 0.462. The van der Waals surface area contributed by atoms with Crippen LogP contribution >= 0.6 is 0 Å². The summed E-state index contributed by atoms with van der Waals surface area (Å²) < 4.78 is 32.3. The number of carbonyl (C=O) groups is 1. The minimum atomic E-state index is -0.904. The molecule has 0 aliphatic carbocycles. The van der Waals surface area contributed by atoms with Crippen molar-refractivity contribution in [3.8, 4) is 0 Å². The number of halogens is 2. The smallest absolute Gasteiger partial charge is 0.254 e. The van der Waals surface area contributed by atoms with Gasteiger partial charge in [0.25, 0.3) is 5.91 Å². The number of nitrogens with one attached hydrogen (secondary N) is 1. The first kappa shape index (κ1) is 13.7. The number of benzene rings is 1. The summed E-state index contributed by atoms with van der Waals surface area (Å²) in [5.74, 6) is -2.33. The molecule has 1 heterocycles. The van der Waals surface area contributed by atoms with Crippen LogP contribution in [0.4, 0.5) is 14.5 Å². The number of carbonyl (C=O) groups excluding carboxylic acids is 1. The quantitative estimate of drug-likeness (QED) is 0.824. The van der Waals surface area contributed by atoms with Gasteiger partial charge in [-0.25, -0.2) is 8.78 Å². The molecule has 2 unspecified atom stereocenters. The summed E-state index contributed by atoms with van der Waals surface area (Å²) in [6.07, 6.45) is 1.69. The molecule has 2 rings (SSSR count). The van der Waals surface area contributed by atoms with Crippen LogP contribution in [0.3, 0.4) is 0 Å². The third-order valence-corrected chi connectivity index (χ3v) is 3.19. The van der Waals surface area contributed by atoms with E-state index in [0.29, 0.717) is 6.61 Å². The third kappa shape index (κ3) is 3.01. The van der Waals surface area contributed by atoms with Gasteiger partial charge in [0.05, 0.1) is 23.4 Å². The van der Waals surface area contributed by atoms with Crippen molar-refractivity contribution in [3.63, 3.8) is 0 Å². The molecule has 3 N–H and O–H groups in total. The molecule has 19 heavy (non-hydrogen) atoms. The van der Waals surface area contributed by atoms with Crippen LogP contribution in [0.5, 0.6) is 0 Å². The number of anilines is 1. The molecule has 1 aromatic carbocycles. The van der Waals surface area contributed by atoms with Gasteiger partial charge in [-0.05, 0) is 31.9 Å². The summed E-state index contributed by atoms with van der Waals surface area (Å²) in [6, 6.07) is 1.41. The molecule has 1 aromatic rings. The molecule has 0 bridgehead atoms. The molecule has 2 atom stereocenters. The second-order valence-electron chi connectivity index (χ2n) is 4.67. The second kappa shape index (κ2) is 5.52. The van der Waals surface area contributed by atoms with Crippen molar-refractivity contribution in [1.29, 1.82) is 0 Å². The number of hydrogen-bond donors (Lipinski definition) is 2. The van der Waals surface area contributed by atoms with E-state index in [2.05, 4.69) is 5.32 Å². The molecule has 1 saturated heterocycles. The van der Waals surface area contributed by atoms with E-state index < -0.39 is 17.5 Å². The average Bonchev–Trinajstić information content (AvgIpc) is 2.87. The topological polar surface area (TPSA) is 64.4 Å². The zero-order valence-corrected chi connectivity index (χ0v) is 10.6. The average molecular weight is 270 g/mol. The Labute approximate surface area is 109 Å². The molecular formula is C13H16F2N2O2. The molecule has 0 saturated carbocycles. The van der Waals surface area contributed by atoms with E-state index in [9.17, 15) is 13.6 Å². The number of nitrogens with two attached hydrogens (primary N) is 1. The Morgan fingerprint density at radius 2 is 2.26 bits per heavy atom. The minimum Gasteiger partial charge on any atom is -0.396 e. The molecule has 1 amide bonds. The Bertz CT molecular complexity index is 488. The van der Waals surface area contributed by atoms with Gasteiger partial charge < -0.3 is 15.8 Å². The van der Waals surface area contributed by atoms with Crippen LogP contribution in [-0.2, 0) is 4.74 Å². The zero-order valence-electron chi connectivity index (χ0n) is 10.6. The van der Waals surface area contributed by atoms with Crippen LogP contribution in [-0.4, -0.2) is 24.7 Å². The molecule has 0 radical (unpaired) electrons. The van der Waals surface area contributed by atoms with Crippen LogP contribution in [0.25, 0.3) is 0 Å².